The van der Waals surface area contributed by atoms with Crippen LogP contribution in [0.15, 0.2) is 24.3 Å². The van der Waals surface area contributed by atoms with Crippen molar-refractivity contribution in [1.29, 1.82) is 0 Å². The number of ether oxygens (including phenoxy) is 1. The Balaban J connectivity index is 1.63. The van der Waals surface area contributed by atoms with Crippen molar-refractivity contribution in [1.82, 2.24) is 10.2 Å². The molecule has 1 aromatic rings. The summed E-state index contributed by atoms with van der Waals surface area (Å²) in [6.07, 6.45) is 4.07. The molecule has 2 amide bonds. The van der Waals surface area contributed by atoms with E-state index in [1.807, 2.05) is 19.1 Å². The summed E-state index contributed by atoms with van der Waals surface area (Å²) in [5.41, 5.74) is 1.46. The predicted octanol–water partition coefficient (Wildman–Crippen LogP) is 2.25. The summed E-state index contributed by atoms with van der Waals surface area (Å²) >= 11 is 0. The molecule has 1 aliphatic heterocycles. The highest BCUT2D eigenvalue weighted by Gasteiger charge is 2.39. The molecular formula is C24H34N2O6S. The van der Waals surface area contributed by atoms with E-state index in [4.69, 9.17) is 4.74 Å². The minimum atomic E-state index is -3.15. The van der Waals surface area contributed by atoms with Gasteiger partial charge in [-0.2, -0.15) is 0 Å². The van der Waals surface area contributed by atoms with Gasteiger partial charge in [0.25, 0.3) is 11.8 Å². The number of nitrogens with one attached hydrogen (secondary N) is 1. The zero-order valence-corrected chi connectivity index (χ0v) is 20.4. The van der Waals surface area contributed by atoms with Gasteiger partial charge in [0.05, 0.1) is 11.5 Å². The van der Waals surface area contributed by atoms with Crippen molar-refractivity contribution >= 4 is 27.6 Å². The summed E-state index contributed by atoms with van der Waals surface area (Å²) in [5.74, 6) is -1.64. The molecule has 9 heteroatoms. The van der Waals surface area contributed by atoms with E-state index >= 15 is 0 Å². The third-order valence-corrected chi connectivity index (χ3v) is 8.22. The number of carbonyl (C=O) groups is 3. The van der Waals surface area contributed by atoms with E-state index in [1.54, 1.807) is 30.9 Å². The first-order valence-electron chi connectivity index (χ1n) is 11.6. The molecule has 1 heterocycles. The summed E-state index contributed by atoms with van der Waals surface area (Å²) in [6, 6.07) is 5.72. The largest absolute Gasteiger partial charge is 0.454 e. The van der Waals surface area contributed by atoms with Crippen LogP contribution in [0.1, 0.15) is 61.9 Å². The van der Waals surface area contributed by atoms with Crippen molar-refractivity contribution in [3.05, 3.63) is 35.4 Å². The van der Waals surface area contributed by atoms with Gasteiger partial charge >= 0.3 is 5.97 Å². The Hall–Kier alpha value is -2.42. The van der Waals surface area contributed by atoms with Crippen molar-refractivity contribution < 1.29 is 27.5 Å². The third kappa shape index (κ3) is 6.56. The van der Waals surface area contributed by atoms with Crippen molar-refractivity contribution in [2.45, 2.75) is 71.0 Å². The molecule has 1 saturated carbocycles. The maximum absolute atomic E-state index is 13.1. The van der Waals surface area contributed by atoms with Gasteiger partial charge in [0.1, 0.15) is 6.04 Å². The van der Waals surface area contributed by atoms with Crippen LogP contribution in [0.3, 0.4) is 0 Å². The average Bonchev–Trinajstić information content (AvgIpc) is 3.40. The summed E-state index contributed by atoms with van der Waals surface area (Å²) in [4.78, 5) is 40.1. The van der Waals surface area contributed by atoms with Crippen molar-refractivity contribution in [2.24, 2.45) is 5.92 Å². The van der Waals surface area contributed by atoms with Crippen LogP contribution in [-0.2, 0) is 24.2 Å². The van der Waals surface area contributed by atoms with Crippen LogP contribution in [-0.4, -0.2) is 67.3 Å². The first-order valence-corrected chi connectivity index (χ1v) is 13.5. The first-order chi connectivity index (χ1) is 15.6. The molecule has 8 nitrogen and oxygen atoms in total. The molecule has 0 aromatic heterocycles. The number of hydrogen-bond donors (Lipinski definition) is 1. The number of sulfone groups is 1. The van der Waals surface area contributed by atoms with Crippen molar-refractivity contribution in [3.8, 4) is 0 Å². The molecule has 1 saturated heterocycles. The number of aryl methyl sites for hydroxylation is 1. The summed E-state index contributed by atoms with van der Waals surface area (Å²) in [7, 11) is -3.15. The van der Waals surface area contributed by atoms with Crippen molar-refractivity contribution in [2.75, 3.05) is 18.1 Å². The maximum Gasteiger partial charge on any atom is 0.329 e. The lowest BCUT2D eigenvalue weighted by molar-refractivity contribution is -0.156. The van der Waals surface area contributed by atoms with Gasteiger partial charge in [-0.05, 0) is 44.2 Å². The topological polar surface area (TPSA) is 110 Å². The van der Waals surface area contributed by atoms with Crippen molar-refractivity contribution in [3.63, 3.8) is 0 Å². The van der Waals surface area contributed by atoms with E-state index in [-0.39, 0.29) is 41.3 Å². The fourth-order valence-electron chi connectivity index (χ4n) is 4.61. The molecule has 2 fully saturated rings. The Morgan fingerprint density at radius 2 is 1.70 bits per heavy atom. The van der Waals surface area contributed by atoms with Crippen LogP contribution in [0, 0.1) is 12.8 Å². The quantitative estimate of drug-likeness (QED) is 0.574. The van der Waals surface area contributed by atoms with Crippen LogP contribution >= 0.6 is 0 Å². The van der Waals surface area contributed by atoms with Gasteiger partial charge in [0, 0.05) is 17.6 Å². The van der Waals surface area contributed by atoms with Gasteiger partial charge < -0.3 is 15.0 Å². The van der Waals surface area contributed by atoms with E-state index in [0.29, 0.717) is 12.0 Å². The Bertz CT molecular complexity index is 967. The normalized spacial score (nSPS) is 21.0. The molecule has 2 aliphatic rings. The van der Waals surface area contributed by atoms with E-state index in [1.165, 1.54) is 0 Å². The molecule has 3 rings (SSSR count). The van der Waals surface area contributed by atoms with Gasteiger partial charge in [0.15, 0.2) is 16.4 Å². The van der Waals surface area contributed by atoms with Crippen LogP contribution in [0.4, 0.5) is 0 Å². The number of rotatable bonds is 8. The molecule has 1 N–H and O–H groups in total. The number of hydrogen-bond acceptors (Lipinski definition) is 6. The Labute approximate surface area is 196 Å². The third-order valence-electron chi connectivity index (χ3n) is 6.47. The summed E-state index contributed by atoms with van der Waals surface area (Å²) in [5, 5.41) is 2.71. The van der Waals surface area contributed by atoms with Crippen LogP contribution in [0.2, 0.25) is 0 Å². The molecule has 182 valence electrons. The highest BCUT2D eigenvalue weighted by atomic mass is 32.2. The maximum atomic E-state index is 13.1. The molecule has 33 heavy (non-hydrogen) atoms. The lowest BCUT2D eigenvalue weighted by Crippen LogP contribution is -2.50. The SMILES string of the molecule is Cc1ccc(C(=O)N[C@H](C(=O)OCC(=O)N(C2CCCC2)C2CCS(=O)(=O)C2)C(C)C)cc1. The molecule has 1 unspecified atom stereocenters. The highest BCUT2D eigenvalue weighted by Crippen LogP contribution is 2.29. The van der Waals surface area contributed by atoms with E-state index in [0.717, 1.165) is 31.2 Å². The van der Waals surface area contributed by atoms with Gasteiger partial charge in [0.2, 0.25) is 0 Å². The van der Waals surface area contributed by atoms with Gasteiger partial charge in [-0.3, -0.25) is 9.59 Å². The van der Waals surface area contributed by atoms with E-state index in [2.05, 4.69) is 5.32 Å². The molecule has 2 atom stereocenters. The smallest absolute Gasteiger partial charge is 0.329 e. The molecular weight excluding hydrogens is 444 g/mol. The molecule has 0 radical (unpaired) electrons. The Morgan fingerprint density at radius 3 is 2.24 bits per heavy atom. The molecule has 1 aromatic carbocycles. The van der Waals surface area contributed by atoms with Crippen LogP contribution in [0.25, 0.3) is 0 Å². The zero-order chi connectivity index (χ0) is 24.2. The summed E-state index contributed by atoms with van der Waals surface area (Å²) in [6.45, 7) is 5.03. The average molecular weight is 479 g/mol. The monoisotopic (exact) mass is 478 g/mol. The van der Waals surface area contributed by atoms with E-state index in [9.17, 15) is 22.8 Å². The second-order valence-corrected chi connectivity index (χ2v) is 11.7. The number of nitrogens with zero attached hydrogens (tertiary/aromatic N) is 1. The zero-order valence-electron chi connectivity index (χ0n) is 19.6. The number of amides is 2. The Morgan fingerprint density at radius 1 is 1.06 bits per heavy atom. The lowest BCUT2D eigenvalue weighted by Gasteiger charge is -2.34. The Kier molecular flexibility index (Phi) is 8.15. The first kappa shape index (κ1) is 25.2. The minimum Gasteiger partial charge on any atom is -0.454 e. The molecule has 1 aliphatic carbocycles. The second kappa shape index (κ2) is 10.7. The minimum absolute atomic E-state index is 0.0170. The standard InChI is InChI=1S/C24H34N2O6S/c1-16(2)22(25-23(28)18-10-8-17(3)9-11-18)24(29)32-14-21(27)26(19-6-4-5-7-19)20-12-13-33(30,31)15-20/h8-11,16,19-20,22H,4-7,12-15H2,1-3H3,(H,25,28)/t20?,22-/m0/s1. The van der Waals surface area contributed by atoms with E-state index < -0.39 is 28.5 Å². The second-order valence-electron chi connectivity index (χ2n) is 9.47. The molecule has 0 bridgehead atoms. The predicted molar refractivity (Wildman–Crippen MR) is 124 cm³/mol. The fourth-order valence-corrected chi connectivity index (χ4v) is 6.32. The highest BCUT2D eigenvalue weighted by molar-refractivity contribution is 7.91. The van der Waals surface area contributed by atoms with Gasteiger partial charge in [-0.15, -0.1) is 0 Å². The lowest BCUT2D eigenvalue weighted by atomic mass is 10.0. The number of carbonyl (C=O) groups excluding carboxylic acids is 3. The molecule has 0 spiro atoms. The number of benzene rings is 1. The number of esters is 1. The van der Waals surface area contributed by atoms with Crippen LogP contribution < -0.4 is 5.32 Å². The van der Waals surface area contributed by atoms with Gasteiger partial charge in [-0.25, -0.2) is 13.2 Å². The van der Waals surface area contributed by atoms with Gasteiger partial charge in [-0.1, -0.05) is 44.4 Å². The van der Waals surface area contributed by atoms with Crippen LogP contribution in [0.5, 0.6) is 0 Å². The summed E-state index contributed by atoms with van der Waals surface area (Å²) < 4.78 is 29.3. The fraction of sp³-hybridized carbons (Fsp3) is 0.625.